The van der Waals surface area contributed by atoms with Crippen molar-refractivity contribution >= 4 is 33.1 Å². The molecule has 1 atom stereocenters. The van der Waals surface area contributed by atoms with Crippen LogP contribution in [0.5, 0.6) is 0 Å². The maximum Gasteiger partial charge on any atom is 0.255 e. The van der Waals surface area contributed by atoms with Crippen LogP contribution in [-0.4, -0.2) is 55.5 Å². The number of rotatable bonds is 4. The third-order valence-corrected chi connectivity index (χ3v) is 9.02. The number of carbonyl (C=O) groups is 2. The van der Waals surface area contributed by atoms with Gasteiger partial charge in [-0.3, -0.25) is 9.59 Å². The number of sulfonamides is 1. The summed E-state index contributed by atoms with van der Waals surface area (Å²) in [7, 11) is -3.64. The van der Waals surface area contributed by atoms with Crippen molar-refractivity contribution in [2.45, 2.75) is 38.0 Å². The second-order valence-electron chi connectivity index (χ2n) is 8.18. The minimum atomic E-state index is -3.64. The molecule has 1 aliphatic carbocycles. The van der Waals surface area contributed by atoms with Gasteiger partial charge in [-0.2, -0.15) is 4.31 Å². The number of carbonyl (C=O) groups excluding carboxylic acids is 2. The first-order valence-corrected chi connectivity index (χ1v) is 12.6. The van der Waals surface area contributed by atoms with E-state index >= 15 is 0 Å². The van der Waals surface area contributed by atoms with Crippen LogP contribution in [0.25, 0.3) is 0 Å². The summed E-state index contributed by atoms with van der Waals surface area (Å²) in [6.07, 6.45) is 3.10. The Balaban J connectivity index is 1.43. The lowest BCUT2D eigenvalue weighted by molar-refractivity contribution is 0.0697. The fourth-order valence-corrected chi connectivity index (χ4v) is 6.83. The number of amides is 1. The van der Waals surface area contributed by atoms with Gasteiger partial charge in [-0.25, -0.2) is 8.42 Å². The molecule has 0 unspecified atom stereocenters. The Hall–Kier alpha value is -2.03. The molecule has 30 heavy (non-hydrogen) atoms. The molecule has 1 fully saturated rings. The molecule has 0 bridgehead atoms. The van der Waals surface area contributed by atoms with Crippen molar-refractivity contribution in [1.82, 2.24) is 9.21 Å². The van der Waals surface area contributed by atoms with Crippen molar-refractivity contribution in [1.29, 1.82) is 0 Å². The average molecular weight is 447 g/mol. The molecule has 0 N–H and O–H groups in total. The highest BCUT2D eigenvalue weighted by Crippen LogP contribution is 2.33. The van der Waals surface area contributed by atoms with E-state index in [2.05, 4.69) is 6.92 Å². The minimum absolute atomic E-state index is 0.0184. The van der Waals surface area contributed by atoms with Gasteiger partial charge in [-0.15, -0.1) is 11.3 Å². The Kier molecular flexibility index (Phi) is 5.83. The van der Waals surface area contributed by atoms with E-state index in [1.807, 2.05) is 5.38 Å². The van der Waals surface area contributed by atoms with Crippen LogP contribution < -0.4 is 0 Å². The molecule has 0 spiro atoms. The molecule has 8 heteroatoms. The SMILES string of the molecule is CC(=O)c1ccc(S(=O)(=O)N2CCN(C(=O)c3csc4c3CC[C@@H](C)C4)CC2)cc1. The molecule has 1 saturated heterocycles. The van der Waals surface area contributed by atoms with E-state index in [-0.39, 0.29) is 29.7 Å². The third kappa shape index (κ3) is 3.96. The predicted molar refractivity (Wildman–Crippen MR) is 117 cm³/mol. The van der Waals surface area contributed by atoms with Crippen molar-refractivity contribution in [2.24, 2.45) is 5.92 Å². The normalized spacial score (nSPS) is 20.1. The molecule has 2 heterocycles. The Bertz CT molecular complexity index is 1070. The van der Waals surface area contributed by atoms with Crippen LogP contribution in [0.1, 0.15) is 51.4 Å². The molecular weight excluding hydrogens is 420 g/mol. The van der Waals surface area contributed by atoms with Crippen LogP contribution >= 0.6 is 11.3 Å². The Morgan fingerprint density at radius 2 is 1.73 bits per heavy atom. The van der Waals surface area contributed by atoms with E-state index in [9.17, 15) is 18.0 Å². The number of thiophene rings is 1. The smallest absolute Gasteiger partial charge is 0.255 e. The van der Waals surface area contributed by atoms with Gasteiger partial charge in [0.2, 0.25) is 10.0 Å². The molecule has 2 aliphatic rings. The molecule has 1 aromatic heterocycles. The number of nitrogens with zero attached hydrogens (tertiary/aromatic N) is 2. The molecular formula is C22H26N2O4S2. The summed E-state index contributed by atoms with van der Waals surface area (Å²) < 4.78 is 27.3. The van der Waals surface area contributed by atoms with Crippen LogP contribution in [0.2, 0.25) is 0 Å². The number of hydrogen-bond acceptors (Lipinski definition) is 5. The van der Waals surface area contributed by atoms with Gasteiger partial charge in [0, 0.05) is 42.0 Å². The molecule has 2 aromatic rings. The zero-order valence-corrected chi connectivity index (χ0v) is 18.9. The second-order valence-corrected chi connectivity index (χ2v) is 11.1. The molecule has 0 saturated carbocycles. The summed E-state index contributed by atoms with van der Waals surface area (Å²) in [4.78, 5) is 27.8. The van der Waals surface area contributed by atoms with Crippen LogP contribution in [0.15, 0.2) is 34.5 Å². The van der Waals surface area contributed by atoms with Gasteiger partial charge in [-0.05, 0) is 49.8 Å². The highest BCUT2D eigenvalue weighted by atomic mass is 32.2. The number of hydrogen-bond donors (Lipinski definition) is 0. The summed E-state index contributed by atoms with van der Waals surface area (Å²) >= 11 is 1.68. The van der Waals surface area contributed by atoms with Gasteiger partial charge in [0.1, 0.15) is 0 Å². The zero-order valence-electron chi connectivity index (χ0n) is 17.3. The maximum absolute atomic E-state index is 13.1. The lowest BCUT2D eigenvalue weighted by Crippen LogP contribution is -2.50. The maximum atomic E-state index is 13.1. The van der Waals surface area contributed by atoms with Crippen molar-refractivity contribution in [3.8, 4) is 0 Å². The van der Waals surface area contributed by atoms with Crippen LogP contribution in [0.4, 0.5) is 0 Å². The highest BCUT2D eigenvalue weighted by Gasteiger charge is 2.32. The van der Waals surface area contributed by atoms with E-state index < -0.39 is 10.0 Å². The summed E-state index contributed by atoms with van der Waals surface area (Å²) in [6.45, 7) is 5.00. The molecule has 160 valence electrons. The van der Waals surface area contributed by atoms with Crippen molar-refractivity contribution in [2.75, 3.05) is 26.2 Å². The quantitative estimate of drug-likeness (QED) is 0.676. The number of fused-ring (bicyclic) bond motifs is 1. The highest BCUT2D eigenvalue weighted by molar-refractivity contribution is 7.89. The Morgan fingerprint density at radius 3 is 2.37 bits per heavy atom. The Morgan fingerprint density at radius 1 is 1.07 bits per heavy atom. The van der Waals surface area contributed by atoms with E-state index in [0.29, 0.717) is 24.6 Å². The number of Topliss-reactive ketones (excluding diaryl/α,β-unsaturated/α-hetero) is 1. The van der Waals surface area contributed by atoms with Gasteiger partial charge >= 0.3 is 0 Å². The topological polar surface area (TPSA) is 74.8 Å². The Labute approximate surface area is 181 Å². The van der Waals surface area contributed by atoms with E-state index in [0.717, 1.165) is 24.8 Å². The lowest BCUT2D eigenvalue weighted by atomic mass is 9.88. The molecule has 4 rings (SSSR count). The summed E-state index contributed by atoms with van der Waals surface area (Å²) in [5.74, 6) is 0.582. The first-order chi connectivity index (χ1) is 14.3. The number of benzene rings is 1. The van der Waals surface area contributed by atoms with E-state index in [4.69, 9.17) is 0 Å². The standard InChI is InChI=1S/C22H26N2O4S2/c1-15-3-8-19-20(14-29-21(19)13-15)22(26)23-9-11-24(12-10-23)30(27,28)18-6-4-17(5-7-18)16(2)25/h4-7,14-15H,3,8-13H2,1-2H3/t15-/m1/s1. The monoisotopic (exact) mass is 446 g/mol. The molecule has 1 amide bonds. The van der Waals surface area contributed by atoms with Gasteiger partial charge in [0.25, 0.3) is 5.91 Å². The van der Waals surface area contributed by atoms with E-state index in [1.54, 1.807) is 16.2 Å². The van der Waals surface area contributed by atoms with Gasteiger partial charge in [0.05, 0.1) is 10.5 Å². The fourth-order valence-electron chi connectivity index (χ4n) is 4.17. The number of piperazine rings is 1. The average Bonchev–Trinajstić information content (AvgIpc) is 3.16. The lowest BCUT2D eigenvalue weighted by Gasteiger charge is -2.34. The fraction of sp³-hybridized carbons (Fsp3) is 0.455. The largest absolute Gasteiger partial charge is 0.336 e. The summed E-state index contributed by atoms with van der Waals surface area (Å²) in [5, 5.41) is 1.98. The molecule has 6 nitrogen and oxygen atoms in total. The van der Waals surface area contributed by atoms with E-state index in [1.165, 1.54) is 45.9 Å². The first-order valence-electron chi connectivity index (χ1n) is 10.3. The summed E-state index contributed by atoms with van der Waals surface area (Å²) in [5.41, 5.74) is 2.49. The van der Waals surface area contributed by atoms with Gasteiger partial charge < -0.3 is 4.90 Å². The van der Waals surface area contributed by atoms with Crippen molar-refractivity contribution in [3.63, 3.8) is 0 Å². The second kappa shape index (κ2) is 8.24. The van der Waals surface area contributed by atoms with Gasteiger partial charge in [-0.1, -0.05) is 19.1 Å². The summed E-state index contributed by atoms with van der Waals surface area (Å²) in [6, 6.07) is 6.02. The zero-order chi connectivity index (χ0) is 21.5. The van der Waals surface area contributed by atoms with Crippen molar-refractivity contribution < 1.29 is 18.0 Å². The predicted octanol–water partition coefficient (Wildman–Crippen LogP) is 3.22. The molecule has 0 radical (unpaired) electrons. The van der Waals surface area contributed by atoms with Gasteiger partial charge in [0.15, 0.2) is 5.78 Å². The van der Waals surface area contributed by atoms with Crippen LogP contribution in [-0.2, 0) is 22.9 Å². The molecule has 1 aromatic carbocycles. The molecule has 1 aliphatic heterocycles. The van der Waals surface area contributed by atoms with Crippen LogP contribution in [0.3, 0.4) is 0 Å². The first kappa shape index (κ1) is 21.2. The minimum Gasteiger partial charge on any atom is -0.336 e. The third-order valence-electron chi connectivity index (χ3n) is 6.06. The van der Waals surface area contributed by atoms with Crippen molar-refractivity contribution in [3.05, 3.63) is 51.2 Å². The van der Waals surface area contributed by atoms with Crippen LogP contribution in [0, 0.1) is 5.92 Å². The number of ketones is 1.